The number of nitrogens with two attached hydrogens (primary N) is 2. The van der Waals surface area contributed by atoms with E-state index in [0.29, 0.717) is 6.42 Å². The summed E-state index contributed by atoms with van der Waals surface area (Å²) in [6.07, 6.45) is 4.78. The van der Waals surface area contributed by atoms with Crippen LogP contribution in [0.25, 0.3) is 11.1 Å². The smallest absolute Gasteiger partial charge is 0.309 e. The molecule has 6 nitrogen and oxygen atoms in total. The number of aryl methyl sites for hydroxylation is 1. The lowest BCUT2D eigenvalue weighted by atomic mass is 10.1. The molecule has 0 saturated carbocycles. The van der Waals surface area contributed by atoms with Crippen molar-refractivity contribution in [1.82, 2.24) is 4.98 Å². The summed E-state index contributed by atoms with van der Waals surface area (Å²) in [4.78, 5) is 25.0. The second kappa shape index (κ2) is 10.4. The summed E-state index contributed by atoms with van der Waals surface area (Å²) in [5.41, 5.74) is 12.7. The molecule has 0 aliphatic rings. The molecule has 0 aliphatic carbocycles. The number of hydrogen-bond donors (Lipinski definition) is 3. The number of pyridine rings is 1. The molecule has 0 atom stereocenters. The summed E-state index contributed by atoms with van der Waals surface area (Å²) >= 11 is 0. The first-order chi connectivity index (χ1) is 13.0. The Labute approximate surface area is 158 Å². The van der Waals surface area contributed by atoms with Crippen molar-refractivity contribution in [3.05, 3.63) is 84.7 Å². The number of primary amides is 2. The molecule has 3 aromatic rings. The van der Waals surface area contributed by atoms with Crippen molar-refractivity contribution < 1.29 is 9.59 Å². The van der Waals surface area contributed by atoms with Gasteiger partial charge in [0.25, 0.3) is 0 Å². The maximum Gasteiger partial charge on any atom is 0.309 e. The Morgan fingerprint density at radius 3 is 1.96 bits per heavy atom. The number of rotatable bonds is 5. The molecule has 0 aliphatic heterocycles. The zero-order valence-corrected chi connectivity index (χ0v) is 14.8. The Kier molecular flexibility index (Phi) is 7.53. The molecule has 1 aromatic heterocycles. The van der Waals surface area contributed by atoms with Gasteiger partial charge in [-0.2, -0.15) is 0 Å². The van der Waals surface area contributed by atoms with Gasteiger partial charge in [-0.1, -0.05) is 42.5 Å². The largest absolute Gasteiger partial charge is 0.352 e. The lowest BCUT2D eigenvalue weighted by molar-refractivity contribution is -0.116. The van der Waals surface area contributed by atoms with Gasteiger partial charge in [0.15, 0.2) is 0 Å². The first kappa shape index (κ1) is 19.7. The molecule has 0 spiro atoms. The van der Waals surface area contributed by atoms with E-state index in [9.17, 15) is 4.79 Å². The van der Waals surface area contributed by atoms with Gasteiger partial charge in [-0.25, -0.2) is 4.79 Å². The Morgan fingerprint density at radius 2 is 1.37 bits per heavy atom. The number of urea groups is 1. The van der Waals surface area contributed by atoms with E-state index < -0.39 is 6.03 Å². The number of aromatic nitrogens is 1. The second-order valence-corrected chi connectivity index (χ2v) is 5.75. The molecule has 5 N–H and O–H groups in total. The molecule has 0 bridgehead atoms. The Bertz CT molecular complexity index is 846. The number of hydrogen-bond acceptors (Lipinski definition) is 3. The maximum absolute atomic E-state index is 12.0. The Balaban J connectivity index is 0.000000596. The average molecular weight is 362 g/mol. The van der Waals surface area contributed by atoms with Crippen LogP contribution in [0, 0.1) is 0 Å². The fourth-order valence-electron chi connectivity index (χ4n) is 2.42. The van der Waals surface area contributed by atoms with Gasteiger partial charge in [0.1, 0.15) is 0 Å². The van der Waals surface area contributed by atoms with E-state index in [-0.39, 0.29) is 5.91 Å². The van der Waals surface area contributed by atoms with Gasteiger partial charge in [0, 0.05) is 24.5 Å². The van der Waals surface area contributed by atoms with Crippen LogP contribution in [0.5, 0.6) is 0 Å². The molecule has 1 heterocycles. The average Bonchev–Trinajstić information content (AvgIpc) is 2.68. The molecule has 138 valence electrons. The highest BCUT2D eigenvalue weighted by atomic mass is 16.2. The summed E-state index contributed by atoms with van der Waals surface area (Å²) in [6, 6.07) is 21.0. The van der Waals surface area contributed by atoms with Crippen molar-refractivity contribution >= 4 is 17.6 Å². The van der Waals surface area contributed by atoms with Crippen LogP contribution in [0.1, 0.15) is 12.0 Å². The van der Waals surface area contributed by atoms with E-state index in [0.717, 1.165) is 23.2 Å². The van der Waals surface area contributed by atoms with Crippen LogP contribution in [-0.2, 0) is 11.2 Å². The number of benzene rings is 2. The highest BCUT2D eigenvalue weighted by Crippen LogP contribution is 2.20. The van der Waals surface area contributed by atoms with Gasteiger partial charge < -0.3 is 16.8 Å². The molecule has 0 fully saturated rings. The van der Waals surface area contributed by atoms with Crippen molar-refractivity contribution in [3.8, 4) is 11.1 Å². The molecule has 0 unspecified atom stereocenters. The highest BCUT2D eigenvalue weighted by molar-refractivity contribution is 5.91. The van der Waals surface area contributed by atoms with Crippen molar-refractivity contribution in [3.63, 3.8) is 0 Å². The number of nitrogens with one attached hydrogen (secondary N) is 1. The van der Waals surface area contributed by atoms with Crippen LogP contribution in [0.4, 0.5) is 10.5 Å². The summed E-state index contributed by atoms with van der Waals surface area (Å²) in [5, 5.41) is 2.94. The molecule has 0 radical (unpaired) electrons. The quantitative estimate of drug-likeness (QED) is 0.647. The van der Waals surface area contributed by atoms with Crippen LogP contribution in [0.2, 0.25) is 0 Å². The molecule has 6 heteroatoms. The normalized spacial score (nSPS) is 9.63. The minimum absolute atomic E-state index is 0.0329. The van der Waals surface area contributed by atoms with Gasteiger partial charge >= 0.3 is 6.03 Å². The van der Waals surface area contributed by atoms with Gasteiger partial charge in [-0.15, -0.1) is 0 Å². The van der Waals surface area contributed by atoms with Crippen LogP contribution in [0.3, 0.4) is 0 Å². The standard InChI is InChI=1S/C20H18N2O.CH4N2O/c23-20(11-6-16-4-2-1-3-5-16)22-19-9-7-17(8-10-19)18-12-14-21-15-13-18;2-1(3)4/h1-5,7-10,12-15H,6,11H2,(H,22,23);(H4,2,3,4). The molecule has 3 rings (SSSR count). The molecular weight excluding hydrogens is 340 g/mol. The fraction of sp³-hybridized carbons (Fsp3) is 0.0952. The predicted octanol–water partition coefficient (Wildman–Crippen LogP) is 3.34. The number of amides is 3. The third-order valence-electron chi connectivity index (χ3n) is 3.67. The lowest BCUT2D eigenvalue weighted by Crippen LogP contribution is -2.18. The van der Waals surface area contributed by atoms with Crippen molar-refractivity contribution in [2.45, 2.75) is 12.8 Å². The van der Waals surface area contributed by atoms with Crippen LogP contribution in [-0.4, -0.2) is 16.9 Å². The van der Waals surface area contributed by atoms with Crippen molar-refractivity contribution in [2.24, 2.45) is 11.5 Å². The van der Waals surface area contributed by atoms with E-state index in [1.165, 1.54) is 5.56 Å². The Morgan fingerprint density at radius 1 is 0.815 bits per heavy atom. The number of carbonyl (C=O) groups is 2. The summed E-state index contributed by atoms with van der Waals surface area (Å²) in [6.45, 7) is 0. The zero-order valence-electron chi connectivity index (χ0n) is 14.8. The zero-order chi connectivity index (χ0) is 19.5. The monoisotopic (exact) mass is 362 g/mol. The molecule has 0 saturated heterocycles. The molecule has 27 heavy (non-hydrogen) atoms. The summed E-state index contributed by atoms with van der Waals surface area (Å²) in [7, 11) is 0. The van der Waals surface area contributed by atoms with Crippen LogP contribution in [0.15, 0.2) is 79.1 Å². The third kappa shape index (κ3) is 7.39. The minimum Gasteiger partial charge on any atom is -0.352 e. The first-order valence-electron chi connectivity index (χ1n) is 8.44. The third-order valence-corrected chi connectivity index (χ3v) is 3.67. The summed E-state index contributed by atoms with van der Waals surface area (Å²) < 4.78 is 0. The fourth-order valence-corrected chi connectivity index (χ4v) is 2.42. The van der Waals surface area contributed by atoms with E-state index in [4.69, 9.17) is 4.79 Å². The van der Waals surface area contributed by atoms with E-state index >= 15 is 0 Å². The van der Waals surface area contributed by atoms with Gasteiger partial charge in [-0.05, 0) is 47.4 Å². The summed E-state index contributed by atoms with van der Waals surface area (Å²) in [5.74, 6) is 0.0329. The second-order valence-electron chi connectivity index (χ2n) is 5.75. The van der Waals surface area contributed by atoms with E-state index in [2.05, 4.69) is 21.8 Å². The number of anilines is 1. The SMILES string of the molecule is NC(N)=O.O=C(CCc1ccccc1)Nc1ccc(-c2ccncc2)cc1. The predicted molar refractivity (Wildman–Crippen MR) is 107 cm³/mol. The van der Waals surface area contributed by atoms with Gasteiger partial charge in [0.05, 0.1) is 0 Å². The van der Waals surface area contributed by atoms with Gasteiger partial charge in [0.2, 0.25) is 5.91 Å². The van der Waals surface area contributed by atoms with Crippen molar-refractivity contribution in [2.75, 3.05) is 5.32 Å². The molecule has 3 amide bonds. The maximum atomic E-state index is 12.0. The van der Waals surface area contributed by atoms with E-state index in [1.807, 2.05) is 66.7 Å². The Hall–Kier alpha value is -3.67. The minimum atomic E-state index is -0.833. The van der Waals surface area contributed by atoms with Crippen molar-refractivity contribution in [1.29, 1.82) is 0 Å². The van der Waals surface area contributed by atoms with Crippen LogP contribution >= 0.6 is 0 Å². The topological polar surface area (TPSA) is 111 Å². The number of carbonyl (C=O) groups excluding carboxylic acids is 2. The first-order valence-corrected chi connectivity index (χ1v) is 8.44. The van der Waals surface area contributed by atoms with E-state index in [1.54, 1.807) is 12.4 Å². The van der Waals surface area contributed by atoms with Crippen LogP contribution < -0.4 is 16.8 Å². The highest BCUT2D eigenvalue weighted by Gasteiger charge is 2.04. The molecule has 2 aromatic carbocycles. The number of nitrogens with zero attached hydrogens (tertiary/aromatic N) is 1. The molecular formula is C21H22N4O2. The van der Waals surface area contributed by atoms with Gasteiger partial charge in [-0.3, -0.25) is 9.78 Å². The lowest BCUT2D eigenvalue weighted by Gasteiger charge is -2.07.